The minimum absolute atomic E-state index is 0.0185. The number of rotatable bonds is 5. The fourth-order valence-corrected chi connectivity index (χ4v) is 5.33. The van der Waals surface area contributed by atoms with Crippen molar-refractivity contribution in [1.29, 1.82) is 0 Å². The monoisotopic (exact) mass is 554 g/mol. The lowest BCUT2D eigenvalue weighted by Crippen LogP contribution is -2.11. The van der Waals surface area contributed by atoms with Crippen LogP contribution < -0.4 is 4.52 Å². The minimum Gasteiger partial charge on any atom is -0.426 e. The van der Waals surface area contributed by atoms with E-state index in [2.05, 4.69) is 135 Å². The summed E-state index contributed by atoms with van der Waals surface area (Å²) in [6.07, 6.45) is 0. The molecular formula is C36H43O3P. The van der Waals surface area contributed by atoms with E-state index in [1.807, 2.05) is 12.1 Å². The van der Waals surface area contributed by atoms with Crippen molar-refractivity contribution in [2.24, 2.45) is 0 Å². The lowest BCUT2D eigenvalue weighted by molar-refractivity contribution is 0.375. The van der Waals surface area contributed by atoms with Crippen LogP contribution in [0.1, 0.15) is 79.0 Å². The smallest absolute Gasteiger partial charge is 0.391 e. The van der Waals surface area contributed by atoms with Crippen LogP contribution in [0.25, 0.3) is 33.4 Å². The Labute approximate surface area is 241 Å². The molecule has 3 nitrogen and oxygen atoms in total. The third-order valence-corrected chi connectivity index (χ3v) is 7.85. The first-order valence-corrected chi connectivity index (χ1v) is 15.1. The minimum atomic E-state index is -2.59. The molecule has 0 spiro atoms. The molecule has 0 bridgehead atoms. The van der Waals surface area contributed by atoms with Crippen molar-refractivity contribution in [3.05, 3.63) is 102 Å². The van der Waals surface area contributed by atoms with Gasteiger partial charge in [-0.2, -0.15) is 0 Å². The molecule has 0 amide bonds. The highest BCUT2D eigenvalue weighted by Gasteiger charge is 2.23. The van der Waals surface area contributed by atoms with E-state index >= 15 is 0 Å². The van der Waals surface area contributed by atoms with Crippen LogP contribution in [0.4, 0.5) is 0 Å². The van der Waals surface area contributed by atoms with Crippen molar-refractivity contribution >= 4 is 8.60 Å². The van der Waals surface area contributed by atoms with Gasteiger partial charge in [-0.15, -0.1) is 0 Å². The Balaban J connectivity index is 2.02. The molecule has 0 aliphatic heterocycles. The zero-order chi connectivity index (χ0) is 29.5. The predicted molar refractivity (Wildman–Crippen MR) is 171 cm³/mol. The quantitative estimate of drug-likeness (QED) is 0.241. The maximum atomic E-state index is 9.91. The van der Waals surface area contributed by atoms with Gasteiger partial charge >= 0.3 is 8.60 Å². The molecule has 0 aliphatic carbocycles. The Morgan fingerprint density at radius 1 is 0.450 bits per heavy atom. The normalized spacial score (nSPS) is 12.6. The van der Waals surface area contributed by atoms with E-state index in [4.69, 9.17) is 4.52 Å². The number of benzene rings is 4. The van der Waals surface area contributed by atoms with Gasteiger partial charge in [0.25, 0.3) is 0 Å². The Kier molecular flexibility index (Phi) is 8.35. The van der Waals surface area contributed by atoms with Crippen LogP contribution in [0, 0.1) is 0 Å². The molecule has 0 atom stereocenters. The van der Waals surface area contributed by atoms with Gasteiger partial charge in [0.2, 0.25) is 0 Å². The van der Waals surface area contributed by atoms with Crippen molar-refractivity contribution in [1.82, 2.24) is 0 Å². The van der Waals surface area contributed by atoms with E-state index < -0.39 is 8.60 Å². The molecule has 0 fully saturated rings. The first-order chi connectivity index (χ1) is 18.6. The first kappa shape index (κ1) is 30.0. The number of hydrogen-bond acceptors (Lipinski definition) is 3. The van der Waals surface area contributed by atoms with Gasteiger partial charge in [-0.1, -0.05) is 141 Å². The van der Waals surface area contributed by atoms with Crippen LogP contribution in [0.15, 0.2) is 84.9 Å². The average Bonchev–Trinajstić information content (AvgIpc) is 2.87. The summed E-state index contributed by atoms with van der Waals surface area (Å²) in [4.78, 5) is 19.8. The molecule has 0 saturated carbocycles. The van der Waals surface area contributed by atoms with Gasteiger partial charge in [-0.05, 0) is 61.3 Å². The maximum absolute atomic E-state index is 9.91. The van der Waals surface area contributed by atoms with E-state index in [9.17, 15) is 9.79 Å². The Hall–Kier alpha value is -2.97. The summed E-state index contributed by atoms with van der Waals surface area (Å²) >= 11 is 0. The topological polar surface area (TPSA) is 49.7 Å². The van der Waals surface area contributed by atoms with Gasteiger partial charge in [0.15, 0.2) is 0 Å². The van der Waals surface area contributed by atoms with Crippen LogP contribution in [-0.4, -0.2) is 9.79 Å². The Bertz CT molecular complexity index is 1450. The molecule has 0 aromatic heterocycles. The van der Waals surface area contributed by atoms with Crippen molar-refractivity contribution in [2.75, 3.05) is 0 Å². The van der Waals surface area contributed by atoms with Crippen molar-refractivity contribution in [3.63, 3.8) is 0 Å². The van der Waals surface area contributed by atoms with Crippen LogP contribution in [0.3, 0.4) is 0 Å². The molecule has 210 valence electrons. The molecule has 4 aromatic rings. The Morgan fingerprint density at radius 2 is 0.800 bits per heavy atom. The summed E-state index contributed by atoms with van der Waals surface area (Å²) in [5.74, 6) is 0.449. The Morgan fingerprint density at radius 3 is 1.15 bits per heavy atom. The highest BCUT2D eigenvalue weighted by Crippen LogP contribution is 2.48. The molecular weight excluding hydrogens is 511 g/mol. The molecule has 40 heavy (non-hydrogen) atoms. The summed E-state index contributed by atoms with van der Waals surface area (Å²) in [7, 11) is -2.59. The molecule has 0 unspecified atom stereocenters. The van der Waals surface area contributed by atoms with Crippen LogP contribution in [-0.2, 0) is 16.2 Å². The second-order valence-electron chi connectivity index (χ2n) is 13.7. The zero-order valence-electron chi connectivity index (χ0n) is 25.3. The fourth-order valence-electron chi connectivity index (χ4n) is 5.00. The lowest BCUT2D eigenvalue weighted by Gasteiger charge is -2.24. The van der Waals surface area contributed by atoms with E-state index in [0.717, 1.165) is 33.4 Å². The molecule has 0 aliphatic rings. The standard InChI is InChI=1S/C36H43O3P/c1-34(2,3)27-16-10-24(11-17-27)30-22-23-31(39-40(37)38)33(26-14-20-29(21-15-26)36(7,8)9)32(30)25-12-18-28(19-13-25)35(4,5)6/h10-23,37-38H,1-9H3. The van der Waals surface area contributed by atoms with Gasteiger partial charge in [0.05, 0.1) is 0 Å². The predicted octanol–water partition coefficient (Wildman–Crippen LogP) is 10.2. The summed E-state index contributed by atoms with van der Waals surface area (Å²) in [5.41, 5.74) is 9.88. The molecule has 4 heteroatoms. The highest BCUT2D eigenvalue weighted by atomic mass is 31.2. The van der Waals surface area contributed by atoms with E-state index in [0.29, 0.717) is 5.75 Å². The maximum Gasteiger partial charge on any atom is 0.391 e. The number of hydrogen-bond donors (Lipinski definition) is 2. The average molecular weight is 555 g/mol. The molecule has 0 saturated heterocycles. The molecule has 4 aromatic carbocycles. The largest absolute Gasteiger partial charge is 0.426 e. The first-order valence-electron chi connectivity index (χ1n) is 13.9. The van der Waals surface area contributed by atoms with Gasteiger partial charge in [0.1, 0.15) is 5.75 Å². The second-order valence-corrected chi connectivity index (χ2v) is 14.4. The second kappa shape index (κ2) is 11.1. The van der Waals surface area contributed by atoms with Crippen molar-refractivity contribution in [3.8, 4) is 39.1 Å². The van der Waals surface area contributed by atoms with Crippen LogP contribution in [0.5, 0.6) is 5.75 Å². The third-order valence-electron chi connectivity index (χ3n) is 7.49. The fraction of sp³-hybridized carbons (Fsp3) is 0.333. The molecule has 0 heterocycles. The molecule has 4 rings (SSSR count). The van der Waals surface area contributed by atoms with Gasteiger partial charge in [-0.3, -0.25) is 0 Å². The van der Waals surface area contributed by atoms with Crippen molar-refractivity contribution in [2.45, 2.75) is 78.6 Å². The van der Waals surface area contributed by atoms with Crippen molar-refractivity contribution < 1.29 is 14.3 Å². The highest BCUT2D eigenvalue weighted by molar-refractivity contribution is 7.39. The van der Waals surface area contributed by atoms with Crippen LogP contribution in [0.2, 0.25) is 0 Å². The summed E-state index contributed by atoms with van der Waals surface area (Å²) < 4.78 is 5.67. The van der Waals surface area contributed by atoms with E-state index in [1.165, 1.54) is 16.7 Å². The van der Waals surface area contributed by atoms with Gasteiger partial charge < -0.3 is 14.3 Å². The van der Waals surface area contributed by atoms with Gasteiger partial charge in [0, 0.05) is 11.1 Å². The zero-order valence-corrected chi connectivity index (χ0v) is 26.2. The van der Waals surface area contributed by atoms with E-state index in [1.54, 1.807) is 0 Å². The molecule has 2 N–H and O–H groups in total. The summed E-state index contributed by atoms with van der Waals surface area (Å²) in [6.45, 7) is 19.9. The third kappa shape index (κ3) is 6.66. The van der Waals surface area contributed by atoms with Crippen LogP contribution >= 0.6 is 8.60 Å². The summed E-state index contributed by atoms with van der Waals surface area (Å²) in [6, 6.07) is 29.9. The molecule has 0 radical (unpaired) electrons. The lowest BCUT2D eigenvalue weighted by atomic mass is 9.82. The summed E-state index contributed by atoms with van der Waals surface area (Å²) in [5, 5.41) is 0. The van der Waals surface area contributed by atoms with E-state index in [-0.39, 0.29) is 16.2 Å². The van der Waals surface area contributed by atoms with Gasteiger partial charge in [-0.25, -0.2) is 0 Å². The SMILES string of the molecule is CC(C)(C)c1ccc(-c2ccc(OP(O)O)c(-c3ccc(C(C)(C)C)cc3)c2-c2ccc(C(C)(C)C)cc2)cc1.